The van der Waals surface area contributed by atoms with Crippen LogP contribution in [-0.4, -0.2) is 26.3 Å². The van der Waals surface area contributed by atoms with Crippen molar-refractivity contribution in [3.05, 3.63) is 64.7 Å². The molecule has 138 valence electrons. The third-order valence-electron chi connectivity index (χ3n) is 3.95. The Hall–Kier alpha value is -2.06. The highest BCUT2D eigenvalue weighted by Gasteiger charge is 2.01. The van der Waals surface area contributed by atoms with Gasteiger partial charge in [0.05, 0.1) is 19.1 Å². The Balaban J connectivity index is 1.47. The molecule has 0 unspecified atom stereocenters. The number of ether oxygens (including phenoxy) is 1. The third kappa shape index (κ3) is 7.88. The summed E-state index contributed by atoms with van der Waals surface area (Å²) in [5.74, 6) is 0. The van der Waals surface area contributed by atoms with E-state index in [4.69, 9.17) is 21.6 Å². The Labute approximate surface area is 161 Å². The van der Waals surface area contributed by atoms with Crippen molar-refractivity contribution in [2.45, 2.75) is 25.8 Å². The molecule has 0 spiro atoms. The molecule has 0 saturated heterocycles. The van der Waals surface area contributed by atoms with Gasteiger partial charge in [-0.15, -0.1) is 0 Å². The Morgan fingerprint density at radius 2 is 1.85 bits per heavy atom. The van der Waals surface area contributed by atoms with E-state index in [1.54, 1.807) is 0 Å². The predicted octanol–water partition coefficient (Wildman–Crippen LogP) is 4.40. The second-order valence-electron chi connectivity index (χ2n) is 6.05. The van der Waals surface area contributed by atoms with Crippen molar-refractivity contribution in [3.8, 4) is 6.07 Å². The molecule has 0 radical (unpaired) electrons. The lowest BCUT2D eigenvalue weighted by atomic mass is 10.1. The first-order valence-corrected chi connectivity index (χ1v) is 9.39. The van der Waals surface area contributed by atoms with Crippen LogP contribution in [0.3, 0.4) is 0 Å². The number of hydrogen-bond donors (Lipinski definition) is 2. The van der Waals surface area contributed by atoms with Gasteiger partial charge in [-0.05, 0) is 48.7 Å². The van der Waals surface area contributed by atoms with Gasteiger partial charge in [-0.2, -0.15) is 5.26 Å². The molecule has 0 aliphatic heterocycles. The van der Waals surface area contributed by atoms with Crippen molar-refractivity contribution in [1.29, 1.82) is 5.26 Å². The van der Waals surface area contributed by atoms with Crippen LogP contribution in [0.1, 0.15) is 24.0 Å². The molecule has 0 atom stereocenters. The molecule has 0 fully saturated rings. The van der Waals surface area contributed by atoms with E-state index in [9.17, 15) is 0 Å². The Kier molecular flexibility index (Phi) is 9.60. The normalized spacial score (nSPS) is 10.5. The molecule has 2 N–H and O–H groups in total. The van der Waals surface area contributed by atoms with Gasteiger partial charge in [0.15, 0.2) is 0 Å². The first-order valence-electron chi connectivity index (χ1n) is 9.01. The first-order chi connectivity index (χ1) is 12.8. The molecular formula is C21H26ClN3O. The fourth-order valence-corrected chi connectivity index (χ4v) is 2.76. The highest BCUT2D eigenvalue weighted by atomic mass is 35.5. The number of hydrogen-bond acceptors (Lipinski definition) is 4. The minimum Gasteiger partial charge on any atom is -0.383 e. The lowest BCUT2D eigenvalue weighted by Gasteiger charge is -2.08. The maximum atomic E-state index is 8.80. The van der Waals surface area contributed by atoms with E-state index < -0.39 is 0 Å². The lowest BCUT2D eigenvalue weighted by molar-refractivity contribution is 0.140. The van der Waals surface area contributed by atoms with E-state index >= 15 is 0 Å². The van der Waals surface area contributed by atoms with Crippen LogP contribution in [0, 0.1) is 11.3 Å². The molecular weight excluding hydrogens is 346 g/mol. The topological polar surface area (TPSA) is 57.1 Å². The van der Waals surface area contributed by atoms with Crippen LogP contribution in [0.15, 0.2) is 48.5 Å². The highest BCUT2D eigenvalue weighted by molar-refractivity contribution is 6.31. The molecule has 0 bridgehead atoms. The van der Waals surface area contributed by atoms with E-state index in [1.165, 1.54) is 0 Å². The van der Waals surface area contributed by atoms with E-state index in [0.717, 1.165) is 62.5 Å². The summed E-state index contributed by atoms with van der Waals surface area (Å²) in [6.07, 6.45) is 2.46. The molecule has 0 aliphatic rings. The molecule has 0 heterocycles. The van der Waals surface area contributed by atoms with E-state index in [2.05, 4.69) is 28.8 Å². The quantitative estimate of drug-likeness (QED) is 0.543. The summed E-state index contributed by atoms with van der Waals surface area (Å²) in [5, 5.41) is 16.2. The maximum absolute atomic E-state index is 8.80. The zero-order valence-electron chi connectivity index (χ0n) is 15.0. The van der Waals surface area contributed by atoms with Crippen LogP contribution in [0.2, 0.25) is 5.02 Å². The molecule has 4 nitrogen and oxygen atoms in total. The fourth-order valence-electron chi connectivity index (χ4n) is 2.57. The molecule has 0 aromatic heterocycles. The monoisotopic (exact) mass is 371 g/mol. The van der Waals surface area contributed by atoms with Gasteiger partial charge in [-0.3, -0.25) is 0 Å². The van der Waals surface area contributed by atoms with Crippen LogP contribution in [0.25, 0.3) is 0 Å². The van der Waals surface area contributed by atoms with Gasteiger partial charge in [0.25, 0.3) is 0 Å². The Bertz CT molecular complexity index is 685. The molecule has 2 aromatic rings. The zero-order valence-corrected chi connectivity index (χ0v) is 15.8. The van der Waals surface area contributed by atoms with Crippen molar-refractivity contribution >= 4 is 17.3 Å². The standard InChI is InChI=1S/C21H26ClN3O/c22-21-9-8-18(16-19(21)10-11-23)17-24-12-4-5-14-26-15-13-25-20-6-2-1-3-7-20/h1-3,6-9,16,24-25H,4-5,10,12-15,17H2. The zero-order chi connectivity index (χ0) is 18.5. The Morgan fingerprint density at radius 1 is 1.00 bits per heavy atom. The number of nitrogens with zero attached hydrogens (tertiary/aromatic N) is 1. The van der Waals surface area contributed by atoms with Crippen molar-refractivity contribution in [2.24, 2.45) is 0 Å². The number of nitriles is 1. The third-order valence-corrected chi connectivity index (χ3v) is 4.32. The number of unbranched alkanes of at least 4 members (excludes halogenated alkanes) is 1. The number of nitrogens with one attached hydrogen (secondary N) is 2. The van der Waals surface area contributed by atoms with E-state index in [-0.39, 0.29) is 0 Å². The number of anilines is 1. The van der Waals surface area contributed by atoms with Gasteiger partial charge in [0, 0.05) is 30.4 Å². The molecule has 0 saturated carbocycles. The highest BCUT2D eigenvalue weighted by Crippen LogP contribution is 2.18. The number of halogens is 1. The van der Waals surface area contributed by atoms with Crippen LogP contribution in [-0.2, 0) is 17.7 Å². The minimum absolute atomic E-state index is 0.350. The smallest absolute Gasteiger partial charge is 0.0670 e. The summed E-state index contributed by atoms with van der Waals surface area (Å²) in [7, 11) is 0. The summed E-state index contributed by atoms with van der Waals surface area (Å²) in [6.45, 7) is 4.06. The van der Waals surface area contributed by atoms with Crippen LogP contribution in [0.5, 0.6) is 0 Å². The summed E-state index contributed by atoms with van der Waals surface area (Å²) >= 11 is 6.07. The van der Waals surface area contributed by atoms with Gasteiger partial charge in [-0.25, -0.2) is 0 Å². The van der Waals surface area contributed by atoms with Crippen molar-refractivity contribution in [3.63, 3.8) is 0 Å². The fraction of sp³-hybridized carbons (Fsp3) is 0.381. The molecule has 2 rings (SSSR count). The number of para-hydroxylation sites is 1. The summed E-state index contributed by atoms with van der Waals surface area (Å²) in [6, 6.07) is 18.2. The number of rotatable bonds is 12. The largest absolute Gasteiger partial charge is 0.383 e. The van der Waals surface area contributed by atoms with Gasteiger partial charge in [0.2, 0.25) is 0 Å². The van der Waals surface area contributed by atoms with Crippen molar-refractivity contribution in [2.75, 3.05) is 31.6 Å². The summed E-state index contributed by atoms with van der Waals surface area (Å²) < 4.78 is 5.64. The van der Waals surface area contributed by atoms with Crippen LogP contribution in [0.4, 0.5) is 5.69 Å². The minimum atomic E-state index is 0.350. The molecule has 26 heavy (non-hydrogen) atoms. The predicted molar refractivity (Wildman–Crippen MR) is 107 cm³/mol. The van der Waals surface area contributed by atoms with Gasteiger partial charge >= 0.3 is 0 Å². The van der Waals surface area contributed by atoms with Crippen molar-refractivity contribution in [1.82, 2.24) is 5.32 Å². The molecule has 0 amide bonds. The molecule has 2 aromatic carbocycles. The average molecular weight is 372 g/mol. The number of benzene rings is 2. The van der Waals surface area contributed by atoms with Crippen molar-refractivity contribution < 1.29 is 4.74 Å². The first kappa shape index (κ1) is 20.3. The molecule has 0 aliphatic carbocycles. The summed E-state index contributed by atoms with van der Waals surface area (Å²) in [4.78, 5) is 0. The van der Waals surface area contributed by atoms with Gasteiger partial charge in [-0.1, -0.05) is 41.9 Å². The van der Waals surface area contributed by atoms with Crippen LogP contribution < -0.4 is 10.6 Å². The average Bonchev–Trinajstić information content (AvgIpc) is 2.67. The van der Waals surface area contributed by atoms with Crippen LogP contribution >= 0.6 is 11.6 Å². The van der Waals surface area contributed by atoms with Gasteiger partial charge in [0.1, 0.15) is 0 Å². The molecule has 5 heteroatoms. The SMILES string of the molecule is N#CCc1cc(CNCCCCOCCNc2ccccc2)ccc1Cl. The lowest BCUT2D eigenvalue weighted by Crippen LogP contribution is -2.16. The second-order valence-corrected chi connectivity index (χ2v) is 6.46. The van der Waals surface area contributed by atoms with Gasteiger partial charge < -0.3 is 15.4 Å². The van der Waals surface area contributed by atoms with E-state index in [1.807, 2.05) is 36.4 Å². The Morgan fingerprint density at radius 3 is 2.65 bits per heavy atom. The van der Waals surface area contributed by atoms with E-state index in [0.29, 0.717) is 11.4 Å². The second kappa shape index (κ2) is 12.3. The maximum Gasteiger partial charge on any atom is 0.0670 e. The summed E-state index contributed by atoms with van der Waals surface area (Å²) in [5.41, 5.74) is 3.18.